The number of nitrogens with one attached hydrogen (secondary N) is 1. The molecule has 0 aromatic heterocycles. The van der Waals surface area contributed by atoms with E-state index in [1.54, 1.807) is 0 Å². The van der Waals surface area contributed by atoms with Gasteiger partial charge in [-0.1, -0.05) is 13.8 Å². The zero-order valence-corrected chi connectivity index (χ0v) is 9.91. The minimum Gasteiger partial charge on any atom is -0.453 e. The van der Waals surface area contributed by atoms with E-state index in [0.29, 0.717) is 6.54 Å². The third-order valence-corrected chi connectivity index (χ3v) is 1.99. The number of ether oxygens (including phenoxy) is 2. The molecule has 92 valence electrons. The average Bonchev–Trinajstić information content (AvgIpc) is 2.33. The van der Waals surface area contributed by atoms with E-state index in [2.05, 4.69) is 15.0 Å². The summed E-state index contributed by atoms with van der Waals surface area (Å²) in [6.07, 6.45) is -0.367. The molecule has 5 nitrogen and oxygen atoms in total. The van der Waals surface area contributed by atoms with Crippen molar-refractivity contribution in [1.29, 1.82) is 0 Å². The quantitative estimate of drug-likeness (QED) is 0.769. The van der Waals surface area contributed by atoms with Crippen LogP contribution >= 0.6 is 0 Å². The van der Waals surface area contributed by atoms with Crippen molar-refractivity contribution >= 4 is 6.09 Å². The summed E-state index contributed by atoms with van der Waals surface area (Å²) in [5.74, 6) is 0. The van der Waals surface area contributed by atoms with E-state index in [1.165, 1.54) is 7.11 Å². The van der Waals surface area contributed by atoms with Crippen molar-refractivity contribution in [3.05, 3.63) is 0 Å². The molecule has 0 atom stereocenters. The van der Waals surface area contributed by atoms with Crippen LogP contribution in [0.25, 0.3) is 0 Å². The van der Waals surface area contributed by atoms with Gasteiger partial charge >= 0.3 is 6.09 Å². The van der Waals surface area contributed by atoms with Crippen molar-refractivity contribution in [2.45, 2.75) is 13.8 Å². The first-order valence-corrected chi connectivity index (χ1v) is 5.45. The van der Waals surface area contributed by atoms with Crippen molar-refractivity contribution in [1.82, 2.24) is 10.2 Å². The van der Waals surface area contributed by atoms with E-state index in [4.69, 9.17) is 4.74 Å². The summed E-state index contributed by atoms with van der Waals surface area (Å²) in [6, 6.07) is 0. The Balaban J connectivity index is 0. The zero-order valence-electron chi connectivity index (χ0n) is 9.91. The molecule has 1 N–H and O–H groups in total. The van der Waals surface area contributed by atoms with Gasteiger partial charge in [0.2, 0.25) is 0 Å². The van der Waals surface area contributed by atoms with E-state index in [0.717, 1.165) is 32.8 Å². The van der Waals surface area contributed by atoms with Crippen LogP contribution in [0, 0.1) is 0 Å². The van der Waals surface area contributed by atoms with Crippen LogP contribution < -0.4 is 5.32 Å². The summed E-state index contributed by atoms with van der Waals surface area (Å²) in [6.45, 7) is 8.97. The molecule has 0 bridgehead atoms. The van der Waals surface area contributed by atoms with Crippen LogP contribution in [-0.4, -0.2) is 57.5 Å². The third kappa shape index (κ3) is 7.16. The lowest BCUT2D eigenvalue weighted by Gasteiger charge is -2.26. The first-order valence-electron chi connectivity index (χ1n) is 5.45. The number of carbonyl (C=O) groups is 1. The summed E-state index contributed by atoms with van der Waals surface area (Å²) in [7, 11) is 1.37. The zero-order chi connectivity index (χ0) is 11.5. The lowest BCUT2D eigenvalue weighted by atomic mass is 10.4. The molecular formula is C10H24N2O3. The summed E-state index contributed by atoms with van der Waals surface area (Å²) in [5.41, 5.74) is 0. The Kier molecular flexibility index (Phi) is 9.21. The Hall–Kier alpha value is -0.810. The molecule has 0 spiro atoms. The van der Waals surface area contributed by atoms with E-state index in [9.17, 15) is 4.79 Å². The van der Waals surface area contributed by atoms with Crippen LogP contribution in [0.15, 0.2) is 0 Å². The first-order chi connectivity index (χ1) is 7.33. The van der Waals surface area contributed by atoms with Crippen molar-refractivity contribution < 1.29 is 15.7 Å². The van der Waals surface area contributed by atoms with E-state index >= 15 is 0 Å². The molecule has 1 rings (SSSR count). The van der Waals surface area contributed by atoms with Crippen LogP contribution in [0.4, 0.5) is 4.79 Å². The van der Waals surface area contributed by atoms with Crippen molar-refractivity contribution in [2.24, 2.45) is 0 Å². The fraction of sp³-hybridized carbons (Fsp3) is 0.900. The normalized spacial score (nSPS) is 16.2. The molecule has 1 heterocycles. The molecule has 0 aromatic rings. The fourth-order valence-electron chi connectivity index (χ4n) is 1.21. The van der Waals surface area contributed by atoms with Gasteiger partial charge in [0.25, 0.3) is 0 Å². The van der Waals surface area contributed by atoms with Gasteiger partial charge in [-0.2, -0.15) is 0 Å². The standard InChI is InChI=1S/C8H16N2O3.C2H6.H2/c1-12-8(11)9-2-3-10-4-6-13-7-5-10;1-2;/h2-7H2,1H3,(H,9,11);1-2H3;1H. The van der Waals surface area contributed by atoms with E-state index < -0.39 is 0 Å². The average molecular weight is 220 g/mol. The van der Waals surface area contributed by atoms with Crippen molar-refractivity contribution in [3.8, 4) is 0 Å². The minimum atomic E-state index is -0.367. The molecule has 1 amide bonds. The molecule has 1 aliphatic rings. The molecule has 1 aliphatic heterocycles. The monoisotopic (exact) mass is 220 g/mol. The maximum Gasteiger partial charge on any atom is 0.406 e. The van der Waals surface area contributed by atoms with Gasteiger partial charge in [-0.05, 0) is 0 Å². The first kappa shape index (κ1) is 14.2. The topological polar surface area (TPSA) is 50.8 Å². The Morgan fingerprint density at radius 2 is 2.07 bits per heavy atom. The highest BCUT2D eigenvalue weighted by Crippen LogP contribution is 1.94. The summed E-state index contributed by atoms with van der Waals surface area (Å²) >= 11 is 0. The second-order valence-electron chi connectivity index (χ2n) is 2.87. The Morgan fingerprint density at radius 1 is 1.47 bits per heavy atom. The van der Waals surface area contributed by atoms with Gasteiger partial charge in [-0.15, -0.1) is 0 Å². The van der Waals surface area contributed by atoms with Gasteiger partial charge in [0.1, 0.15) is 0 Å². The smallest absolute Gasteiger partial charge is 0.406 e. The van der Waals surface area contributed by atoms with Crippen LogP contribution in [-0.2, 0) is 9.47 Å². The largest absolute Gasteiger partial charge is 0.453 e. The van der Waals surface area contributed by atoms with Gasteiger partial charge in [0.05, 0.1) is 20.3 Å². The van der Waals surface area contributed by atoms with Crippen molar-refractivity contribution in [2.75, 3.05) is 46.5 Å². The Bertz CT molecular complexity index is 164. The molecular weight excluding hydrogens is 196 g/mol. The third-order valence-electron chi connectivity index (χ3n) is 1.99. The Morgan fingerprint density at radius 3 is 2.60 bits per heavy atom. The minimum absolute atomic E-state index is 0. The van der Waals surface area contributed by atoms with Crippen LogP contribution in [0.3, 0.4) is 0 Å². The second-order valence-corrected chi connectivity index (χ2v) is 2.87. The number of hydrogen-bond donors (Lipinski definition) is 1. The molecule has 5 heteroatoms. The highest BCUT2D eigenvalue weighted by molar-refractivity contribution is 5.66. The predicted molar refractivity (Wildman–Crippen MR) is 61.1 cm³/mol. The molecule has 1 saturated heterocycles. The second kappa shape index (κ2) is 9.73. The van der Waals surface area contributed by atoms with Gasteiger partial charge < -0.3 is 14.8 Å². The van der Waals surface area contributed by atoms with Gasteiger partial charge in [0.15, 0.2) is 0 Å². The lowest BCUT2D eigenvalue weighted by molar-refractivity contribution is 0.0384. The molecule has 0 saturated carbocycles. The number of amides is 1. The molecule has 1 fully saturated rings. The van der Waals surface area contributed by atoms with Crippen molar-refractivity contribution in [3.63, 3.8) is 0 Å². The number of nitrogens with zero attached hydrogens (tertiary/aromatic N) is 1. The highest BCUT2D eigenvalue weighted by atomic mass is 16.5. The number of morpholine rings is 1. The number of rotatable bonds is 3. The number of alkyl carbamates (subject to hydrolysis) is 1. The molecule has 0 radical (unpaired) electrons. The molecule has 15 heavy (non-hydrogen) atoms. The summed E-state index contributed by atoms with van der Waals surface area (Å²) in [4.78, 5) is 12.9. The van der Waals surface area contributed by atoms with Crippen LogP contribution in [0.1, 0.15) is 15.3 Å². The SMILES string of the molecule is CC.COC(=O)NCCN1CCOCC1.[HH]. The molecule has 0 aliphatic carbocycles. The lowest BCUT2D eigenvalue weighted by Crippen LogP contribution is -2.41. The number of carbonyl (C=O) groups excluding carboxylic acids is 1. The van der Waals surface area contributed by atoms with E-state index in [-0.39, 0.29) is 7.52 Å². The molecule has 0 aromatic carbocycles. The van der Waals surface area contributed by atoms with Crippen LogP contribution in [0.2, 0.25) is 0 Å². The Labute approximate surface area is 93.2 Å². The fourth-order valence-corrected chi connectivity index (χ4v) is 1.21. The van der Waals surface area contributed by atoms with Gasteiger partial charge in [-0.25, -0.2) is 4.79 Å². The van der Waals surface area contributed by atoms with Gasteiger partial charge in [-0.3, -0.25) is 4.90 Å². The van der Waals surface area contributed by atoms with E-state index in [1.807, 2.05) is 13.8 Å². The van der Waals surface area contributed by atoms with Gasteiger partial charge in [0, 0.05) is 27.6 Å². The number of hydrogen-bond acceptors (Lipinski definition) is 4. The number of methoxy groups -OCH3 is 1. The summed E-state index contributed by atoms with van der Waals surface area (Å²) in [5, 5.41) is 2.64. The predicted octanol–water partition coefficient (Wildman–Crippen LogP) is 0.947. The summed E-state index contributed by atoms with van der Waals surface area (Å²) < 4.78 is 9.64. The van der Waals surface area contributed by atoms with Crippen LogP contribution in [0.5, 0.6) is 0 Å². The molecule has 0 unspecified atom stereocenters. The highest BCUT2D eigenvalue weighted by Gasteiger charge is 2.09. The maximum absolute atomic E-state index is 10.7. The maximum atomic E-state index is 10.7.